The van der Waals surface area contributed by atoms with Crippen LogP contribution >= 0.6 is 0 Å². The molecule has 2 aliphatic heterocycles. The molecule has 3 heterocycles. The molecule has 0 bridgehead atoms. The minimum atomic E-state index is -0.123. The summed E-state index contributed by atoms with van der Waals surface area (Å²) in [5.74, 6) is 0.165. The molecule has 5 heteroatoms. The molecule has 2 aliphatic rings. The zero-order chi connectivity index (χ0) is 13.9. The summed E-state index contributed by atoms with van der Waals surface area (Å²) in [6.07, 6.45) is 5.25. The molecule has 3 atom stereocenters. The Kier molecular flexibility index (Phi) is 3.98. The smallest absolute Gasteiger partial charge is 0.223 e. The van der Waals surface area contributed by atoms with Crippen LogP contribution in [0.3, 0.4) is 0 Å². The van der Waals surface area contributed by atoms with Gasteiger partial charge < -0.3 is 15.4 Å². The van der Waals surface area contributed by atoms with Crippen LogP contribution in [-0.4, -0.2) is 41.1 Å². The predicted molar refractivity (Wildman–Crippen MR) is 74.9 cm³/mol. The van der Waals surface area contributed by atoms with Crippen molar-refractivity contribution in [2.45, 2.75) is 43.9 Å². The number of pyridine rings is 1. The summed E-state index contributed by atoms with van der Waals surface area (Å²) in [5.41, 5.74) is 7.14. The average Bonchev–Trinajstić information content (AvgIpc) is 2.97. The Morgan fingerprint density at radius 2 is 2.30 bits per heavy atom. The molecular weight excluding hydrogens is 254 g/mol. The van der Waals surface area contributed by atoms with E-state index in [1.807, 2.05) is 23.1 Å². The van der Waals surface area contributed by atoms with E-state index < -0.39 is 0 Å². The van der Waals surface area contributed by atoms with Crippen LogP contribution in [0.25, 0.3) is 0 Å². The van der Waals surface area contributed by atoms with Crippen LogP contribution in [0.1, 0.15) is 37.4 Å². The van der Waals surface area contributed by atoms with Crippen LogP contribution in [0, 0.1) is 0 Å². The van der Waals surface area contributed by atoms with Crippen molar-refractivity contribution in [1.29, 1.82) is 0 Å². The quantitative estimate of drug-likeness (QED) is 0.901. The van der Waals surface area contributed by atoms with Gasteiger partial charge in [-0.15, -0.1) is 0 Å². The number of ether oxygens (including phenoxy) is 1. The Bertz CT molecular complexity index is 459. The van der Waals surface area contributed by atoms with Crippen LogP contribution in [0.15, 0.2) is 24.4 Å². The molecule has 20 heavy (non-hydrogen) atoms. The van der Waals surface area contributed by atoms with Crippen molar-refractivity contribution in [3.05, 3.63) is 30.1 Å². The number of amides is 1. The van der Waals surface area contributed by atoms with Crippen LogP contribution in [-0.2, 0) is 9.53 Å². The van der Waals surface area contributed by atoms with Crippen LogP contribution in [0.4, 0.5) is 0 Å². The number of hydrogen-bond donors (Lipinski definition) is 1. The van der Waals surface area contributed by atoms with Gasteiger partial charge in [-0.25, -0.2) is 0 Å². The van der Waals surface area contributed by atoms with Gasteiger partial charge in [0, 0.05) is 31.8 Å². The predicted octanol–water partition coefficient (Wildman–Crippen LogP) is 1.25. The topological polar surface area (TPSA) is 68.5 Å². The number of piperidine rings is 1. The van der Waals surface area contributed by atoms with Gasteiger partial charge in [0.05, 0.1) is 17.8 Å². The van der Waals surface area contributed by atoms with E-state index in [-0.39, 0.29) is 24.1 Å². The maximum absolute atomic E-state index is 12.3. The normalized spacial score (nSPS) is 30.8. The Morgan fingerprint density at radius 3 is 3.00 bits per heavy atom. The molecule has 0 radical (unpaired) electrons. The number of nitrogens with zero attached hydrogens (tertiary/aromatic N) is 2. The van der Waals surface area contributed by atoms with Gasteiger partial charge in [0.15, 0.2) is 0 Å². The van der Waals surface area contributed by atoms with Crippen molar-refractivity contribution in [3.63, 3.8) is 0 Å². The first kappa shape index (κ1) is 13.5. The second kappa shape index (κ2) is 5.89. The Labute approximate surface area is 119 Å². The fraction of sp³-hybridized carbons (Fsp3) is 0.600. The molecule has 1 aromatic rings. The summed E-state index contributed by atoms with van der Waals surface area (Å²) < 4.78 is 5.67. The van der Waals surface area contributed by atoms with E-state index in [0.29, 0.717) is 13.0 Å². The van der Waals surface area contributed by atoms with Crippen molar-refractivity contribution in [1.82, 2.24) is 9.88 Å². The molecule has 2 fully saturated rings. The van der Waals surface area contributed by atoms with E-state index in [0.717, 1.165) is 31.6 Å². The first-order chi connectivity index (χ1) is 9.75. The first-order valence-electron chi connectivity index (χ1n) is 7.33. The van der Waals surface area contributed by atoms with Crippen LogP contribution in [0.5, 0.6) is 0 Å². The minimum Gasteiger partial charge on any atom is -0.376 e. The van der Waals surface area contributed by atoms with Gasteiger partial charge in [-0.2, -0.15) is 0 Å². The average molecular weight is 275 g/mol. The number of nitrogens with two attached hydrogens (primary N) is 1. The van der Waals surface area contributed by atoms with Crippen LogP contribution in [0.2, 0.25) is 0 Å². The van der Waals surface area contributed by atoms with Crippen molar-refractivity contribution in [2.24, 2.45) is 5.73 Å². The molecule has 1 aromatic heterocycles. The Balaban J connectivity index is 1.83. The maximum atomic E-state index is 12.3. The van der Waals surface area contributed by atoms with Gasteiger partial charge in [-0.05, 0) is 31.4 Å². The summed E-state index contributed by atoms with van der Waals surface area (Å²) in [6.45, 7) is 1.43. The lowest BCUT2D eigenvalue weighted by Gasteiger charge is -2.40. The fourth-order valence-corrected chi connectivity index (χ4v) is 3.13. The highest BCUT2D eigenvalue weighted by Crippen LogP contribution is 2.31. The standard InChI is InChI=1S/C15H21N3O2/c16-12-6-7-14(19)18(10-11-4-3-9-20-11)15(12)13-5-1-2-8-17-13/h1-2,5,8,11-12,15H,3-4,6-7,9-10,16H2. The summed E-state index contributed by atoms with van der Waals surface area (Å²) in [7, 11) is 0. The van der Waals surface area contributed by atoms with E-state index in [9.17, 15) is 4.79 Å². The highest BCUT2D eigenvalue weighted by Gasteiger charge is 2.37. The maximum Gasteiger partial charge on any atom is 0.223 e. The van der Waals surface area contributed by atoms with E-state index >= 15 is 0 Å². The molecule has 0 aliphatic carbocycles. The van der Waals surface area contributed by atoms with E-state index in [1.165, 1.54) is 0 Å². The lowest BCUT2D eigenvalue weighted by Crippen LogP contribution is -2.51. The van der Waals surface area contributed by atoms with Crippen molar-refractivity contribution >= 4 is 5.91 Å². The lowest BCUT2D eigenvalue weighted by molar-refractivity contribution is -0.139. The molecule has 2 N–H and O–H groups in total. The number of carbonyl (C=O) groups is 1. The Hall–Kier alpha value is -1.46. The number of likely N-dealkylation sites (tertiary alicyclic amines) is 1. The van der Waals surface area contributed by atoms with Crippen molar-refractivity contribution in [3.8, 4) is 0 Å². The molecule has 2 saturated heterocycles. The molecule has 3 unspecified atom stereocenters. The third-order valence-corrected chi connectivity index (χ3v) is 4.17. The van der Waals surface area contributed by atoms with Gasteiger partial charge >= 0.3 is 0 Å². The lowest BCUT2D eigenvalue weighted by atomic mass is 9.93. The number of aromatic nitrogens is 1. The molecule has 0 spiro atoms. The second-order valence-corrected chi connectivity index (χ2v) is 5.58. The Morgan fingerprint density at radius 1 is 1.40 bits per heavy atom. The number of carbonyl (C=O) groups excluding carboxylic acids is 1. The van der Waals surface area contributed by atoms with Gasteiger partial charge in [-0.1, -0.05) is 6.07 Å². The van der Waals surface area contributed by atoms with E-state index in [1.54, 1.807) is 6.20 Å². The molecule has 0 aromatic carbocycles. The third kappa shape index (κ3) is 2.69. The van der Waals surface area contributed by atoms with Crippen molar-refractivity contribution in [2.75, 3.05) is 13.2 Å². The SMILES string of the molecule is NC1CCC(=O)N(CC2CCCO2)C1c1ccccn1. The molecule has 3 rings (SSSR count). The molecule has 0 saturated carbocycles. The monoisotopic (exact) mass is 275 g/mol. The molecule has 108 valence electrons. The minimum absolute atomic E-state index is 0.0518. The van der Waals surface area contributed by atoms with Crippen LogP contribution < -0.4 is 5.73 Å². The summed E-state index contributed by atoms with van der Waals surface area (Å²) >= 11 is 0. The third-order valence-electron chi connectivity index (χ3n) is 4.17. The van der Waals surface area contributed by atoms with E-state index in [4.69, 9.17) is 10.5 Å². The van der Waals surface area contributed by atoms with Gasteiger partial charge in [0.25, 0.3) is 0 Å². The summed E-state index contributed by atoms with van der Waals surface area (Å²) in [4.78, 5) is 18.6. The number of rotatable bonds is 3. The largest absolute Gasteiger partial charge is 0.376 e. The fourth-order valence-electron chi connectivity index (χ4n) is 3.13. The molecule has 5 nitrogen and oxygen atoms in total. The summed E-state index contributed by atoms with van der Waals surface area (Å²) in [5, 5.41) is 0. The zero-order valence-electron chi connectivity index (χ0n) is 11.6. The van der Waals surface area contributed by atoms with Gasteiger partial charge in [0.2, 0.25) is 5.91 Å². The first-order valence-corrected chi connectivity index (χ1v) is 7.33. The van der Waals surface area contributed by atoms with Gasteiger partial charge in [-0.3, -0.25) is 9.78 Å². The zero-order valence-corrected chi connectivity index (χ0v) is 11.6. The number of hydrogen-bond acceptors (Lipinski definition) is 4. The molecule has 1 amide bonds. The summed E-state index contributed by atoms with van der Waals surface area (Å²) in [6, 6.07) is 5.60. The van der Waals surface area contributed by atoms with Crippen molar-refractivity contribution < 1.29 is 9.53 Å². The van der Waals surface area contributed by atoms with E-state index in [2.05, 4.69) is 4.98 Å². The molecular formula is C15H21N3O2. The highest BCUT2D eigenvalue weighted by atomic mass is 16.5. The second-order valence-electron chi connectivity index (χ2n) is 5.58. The highest BCUT2D eigenvalue weighted by molar-refractivity contribution is 5.77. The van der Waals surface area contributed by atoms with Gasteiger partial charge in [0.1, 0.15) is 0 Å².